The molecule has 136 valence electrons. The summed E-state index contributed by atoms with van der Waals surface area (Å²) in [5.74, 6) is 0. The molecule has 4 aromatic rings. The highest BCUT2D eigenvalue weighted by Crippen LogP contribution is 2.27. The lowest BCUT2D eigenvalue weighted by atomic mass is 10.2. The van der Waals surface area contributed by atoms with Crippen LogP contribution < -0.4 is 10.2 Å². The van der Waals surface area contributed by atoms with Crippen LogP contribution in [0.5, 0.6) is 0 Å². The fourth-order valence-corrected chi connectivity index (χ4v) is 4.29. The summed E-state index contributed by atoms with van der Waals surface area (Å²) in [7, 11) is 0. The van der Waals surface area contributed by atoms with Gasteiger partial charge in [-0.2, -0.15) is 0 Å². The van der Waals surface area contributed by atoms with Crippen LogP contribution in [0.1, 0.15) is 0 Å². The lowest BCUT2D eigenvalue weighted by Crippen LogP contribution is -2.50. The summed E-state index contributed by atoms with van der Waals surface area (Å²) in [4.78, 5) is 24.4. The second kappa shape index (κ2) is 6.59. The van der Waals surface area contributed by atoms with E-state index >= 15 is 0 Å². The van der Waals surface area contributed by atoms with E-state index < -0.39 is 0 Å². The predicted octanol–water partition coefficient (Wildman–Crippen LogP) is 4.13. The number of benzene rings is 2. The molecule has 1 fully saturated rings. The van der Waals surface area contributed by atoms with Crippen molar-refractivity contribution in [1.82, 2.24) is 14.9 Å². The van der Waals surface area contributed by atoms with Gasteiger partial charge in [0.05, 0.1) is 15.7 Å². The van der Waals surface area contributed by atoms with Gasteiger partial charge in [0.25, 0.3) is 0 Å². The van der Waals surface area contributed by atoms with Crippen molar-refractivity contribution < 1.29 is 4.79 Å². The quantitative estimate of drug-likeness (QED) is 0.552. The molecule has 2 N–H and O–H groups in total. The number of hydrogen-bond donors (Lipinski definition) is 2. The van der Waals surface area contributed by atoms with Crippen LogP contribution in [0.4, 0.5) is 16.2 Å². The van der Waals surface area contributed by atoms with E-state index in [0.29, 0.717) is 13.1 Å². The van der Waals surface area contributed by atoms with Crippen molar-refractivity contribution in [2.45, 2.75) is 0 Å². The Morgan fingerprint density at radius 3 is 2.89 bits per heavy atom. The maximum Gasteiger partial charge on any atom is 0.321 e. The molecule has 3 heterocycles. The largest absolute Gasteiger partial charge is 0.367 e. The fraction of sp³-hybridized carbons (Fsp3) is 0.200. The molecule has 2 aromatic heterocycles. The summed E-state index contributed by atoms with van der Waals surface area (Å²) in [6.07, 6.45) is 1.97. The van der Waals surface area contributed by atoms with Gasteiger partial charge in [-0.25, -0.2) is 9.78 Å². The Kier molecular flexibility index (Phi) is 3.94. The van der Waals surface area contributed by atoms with Crippen LogP contribution in [0.25, 0.3) is 21.1 Å². The highest BCUT2D eigenvalue weighted by atomic mass is 32.1. The minimum absolute atomic E-state index is 0.0518. The van der Waals surface area contributed by atoms with Crippen LogP contribution in [0.15, 0.2) is 54.2 Å². The number of hydrogen-bond acceptors (Lipinski definition) is 4. The second-order valence-electron chi connectivity index (χ2n) is 6.66. The summed E-state index contributed by atoms with van der Waals surface area (Å²) in [5.41, 5.74) is 5.90. The number of fused-ring (bicyclic) bond motifs is 2. The molecule has 0 saturated carbocycles. The van der Waals surface area contributed by atoms with Crippen molar-refractivity contribution in [2.24, 2.45) is 0 Å². The zero-order valence-corrected chi connectivity index (χ0v) is 15.5. The van der Waals surface area contributed by atoms with Crippen LogP contribution >= 0.6 is 11.3 Å². The van der Waals surface area contributed by atoms with Gasteiger partial charge in [0, 0.05) is 54.7 Å². The molecule has 0 atom stereocenters. The van der Waals surface area contributed by atoms with Gasteiger partial charge >= 0.3 is 6.03 Å². The molecule has 5 rings (SSSR count). The molecular formula is C20H19N5OS. The van der Waals surface area contributed by atoms with E-state index in [-0.39, 0.29) is 6.03 Å². The number of aromatic amines is 1. The Morgan fingerprint density at radius 2 is 2.00 bits per heavy atom. The SMILES string of the molecule is O=C(Nc1ccc2scnc2c1)N1CCN(c2cccc3[nH]ccc23)CC1. The van der Waals surface area contributed by atoms with Crippen LogP contribution in [0.2, 0.25) is 0 Å². The second-order valence-corrected chi connectivity index (χ2v) is 7.54. The Labute approximate surface area is 160 Å². The van der Waals surface area contributed by atoms with Gasteiger partial charge in [-0.3, -0.25) is 0 Å². The van der Waals surface area contributed by atoms with Gasteiger partial charge < -0.3 is 20.1 Å². The number of nitrogens with one attached hydrogen (secondary N) is 2. The number of piperazine rings is 1. The minimum atomic E-state index is -0.0518. The van der Waals surface area contributed by atoms with Crippen molar-refractivity contribution in [3.8, 4) is 0 Å². The first-order valence-electron chi connectivity index (χ1n) is 8.98. The van der Waals surface area contributed by atoms with Gasteiger partial charge in [-0.05, 0) is 36.4 Å². The lowest BCUT2D eigenvalue weighted by Gasteiger charge is -2.36. The first kappa shape index (κ1) is 16.1. The number of H-pyrrole nitrogens is 1. The summed E-state index contributed by atoms with van der Waals surface area (Å²) in [6.45, 7) is 3.04. The van der Waals surface area contributed by atoms with Crippen molar-refractivity contribution >= 4 is 49.9 Å². The molecule has 27 heavy (non-hydrogen) atoms. The van der Waals surface area contributed by atoms with E-state index in [9.17, 15) is 4.79 Å². The monoisotopic (exact) mass is 377 g/mol. The molecular weight excluding hydrogens is 358 g/mol. The van der Waals surface area contributed by atoms with Crippen molar-refractivity contribution in [3.63, 3.8) is 0 Å². The number of rotatable bonds is 2. The highest BCUT2D eigenvalue weighted by Gasteiger charge is 2.22. The molecule has 1 aliphatic rings. The lowest BCUT2D eigenvalue weighted by molar-refractivity contribution is 0.208. The molecule has 1 saturated heterocycles. The standard InChI is InChI=1S/C20H19N5OS/c26-20(23-14-4-5-19-17(12-14)22-13-27-19)25-10-8-24(9-11-25)18-3-1-2-16-15(18)6-7-21-16/h1-7,12-13,21H,8-11H2,(H,23,26). The predicted molar refractivity (Wildman–Crippen MR) is 111 cm³/mol. The van der Waals surface area contributed by atoms with Crippen molar-refractivity contribution in [2.75, 3.05) is 36.4 Å². The van der Waals surface area contributed by atoms with E-state index in [4.69, 9.17) is 0 Å². The molecule has 2 aromatic carbocycles. The van der Waals surface area contributed by atoms with Crippen molar-refractivity contribution in [3.05, 3.63) is 54.2 Å². The van der Waals surface area contributed by atoms with Crippen molar-refractivity contribution in [1.29, 1.82) is 0 Å². The van der Waals surface area contributed by atoms with Gasteiger partial charge in [-0.15, -0.1) is 11.3 Å². The van der Waals surface area contributed by atoms with Crippen LogP contribution in [0, 0.1) is 0 Å². The highest BCUT2D eigenvalue weighted by molar-refractivity contribution is 7.16. The first-order chi connectivity index (χ1) is 13.3. The number of carbonyl (C=O) groups is 1. The number of anilines is 2. The molecule has 0 bridgehead atoms. The number of aromatic nitrogens is 2. The molecule has 0 aliphatic carbocycles. The summed E-state index contributed by atoms with van der Waals surface area (Å²) < 4.78 is 1.13. The summed E-state index contributed by atoms with van der Waals surface area (Å²) in [5, 5.41) is 4.23. The third-order valence-corrected chi connectivity index (χ3v) is 5.87. The number of nitrogens with zero attached hydrogens (tertiary/aromatic N) is 3. The first-order valence-corrected chi connectivity index (χ1v) is 9.86. The molecule has 0 radical (unpaired) electrons. The number of amides is 2. The molecule has 1 aliphatic heterocycles. The molecule has 6 nitrogen and oxygen atoms in total. The number of thiazole rings is 1. The minimum Gasteiger partial charge on any atom is -0.367 e. The van der Waals surface area contributed by atoms with Crippen LogP contribution in [-0.2, 0) is 0 Å². The molecule has 2 amide bonds. The van der Waals surface area contributed by atoms with E-state index in [1.807, 2.05) is 34.8 Å². The smallest absolute Gasteiger partial charge is 0.321 e. The summed E-state index contributed by atoms with van der Waals surface area (Å²) in [6, 6.07) is 14.2. The zero-order valence-electron chi connectivity index (χ0n) is 14.7. The maximum absolute atomic E-state index is 12.6. The normalized spacial score (nSPS) is 14.8. The fourth-order valence-electron chi connectivity index (χ4n) is 3.63. The number of carbonyl (C=O) groups excluding carboxylic acids is 1. The molecule has 7 heteroatoms. The van der Waals surface area contributed by atoms with E-state index in [1.165, 1.54) is 11.1 Å². The van der Waals surface area contributed by atoms with E-state index in [1.54, 1.807) is 11.3 Å². The Bertz CT molecular complexity index is 1110. The average molecular weight is 377 g/mol. The molecule has 0 spiro atoms. The van der Waals surface area contributed by atoms with Gasteiger partial charge in [0.2, 0.25) is 0 Å². The zero-order chi connectivity index (χ0) is 18.2. The van der Waals surface area contributed by atoms with Gasteiger partial charge in [-0.1, -0.05) is 6.07 Å². The average Bonchev–Trinajstić information content (AvgIpc) is 3.36. The topological polar surface area (TPSA) is 64.3 Å². The third kappa shape index (κ3) is 3.00. The Balaban J connectivity index is 1.26. The summed E-state index contributed by atoms with van der Waals surface area (Å²) >= 11 is 1.60. The number of urea groups is 1. The maximum atomic E-state index is 12.6. The van der Waals surface area contributed by atoms with Gasteiger partial charge in [0.1, 0.15) is 0 Å². The molecule has 0 unspecified atom stereocenters. The van der Waals surface area contributed by atoms with E-state index in [2.05, 4.69) is 44.5 Å². The van der Waals surface area contributed by atoms with Crippen LogP contribution in [-0.4, -0.2) is 47.1 Å². The van der Waals surface area contributed by atoms with Gasteiger partial charge in [0.15, 0.2) is 0 Å². The Hall–Kier alpha value is -3.06. The van der Waals surface area contributed by atoms with Crippen LogP contribution in [0.3, 0.4) is 0 Å². The third-order valence-electron chi connectivity index (χ3n) is 5.06. The Morgan fingerprint density at radius 1 is 1.11 bits per heavy atom. The van der Waals surface area contributed by atoms with E-state index in [0.717, 1.165) is 34.5 Å².